The molecule has 0 bridgehead atoms. The van der Waals surface area contributed by atoms with E-state index in [0.717, 1.165) is 17.1 Å². The predicted molar refractivity (Wildman–Crippen MR) is 264 cm³/mol. The molecule has 0 atom stereocenters. The van der Waals surface area contributed by atoms with E-state index < -0.39 is 0 Å². The molecule has 1 heterocycles. The number of fused-ring (bicyclic) bond motifs is 6. The Bertz CT molecular complexity index is 3490. The Morgan fingerprint density at radius 3 is 1.35 bits per heavy atom. The minimum Gasteiger partial charge on any atom is -0.310 e. The Morgan fingerprint density at radius 2 is 0.726 bits per heavy atom. The second-order valence-electron chi connectivity index (χ2n) is 16.1. The molecular weight excluding hydrogens is 749 g/mol. The number of nitrogens with zero attached hydrogens (tertiary/aromatic N) is 2. The molecule has 1 aromatic heterocycles. The van der Waals surface area contributed by atoms with Crippen LogP contribution in [0.5, 0.6) is 0 Å². The number of benzene rings is 11. The Balaban J connectivity index is 1.01. The summed E-state index contributed by atoms with van der Waals surface area (Å²) >= 11 is 0. The summed E-state index contributed by atoms with van der Waals surface area (Å²) in [7, 11) is 0. The van der Waals surface area contributed by atoms with Crippen molar-refractivity contribution < 1.29 is 0 Å². The molecule has 0 spiro atoms. The number of hydrogen-bond donors (Lipinski definition) is 0. The summed E-state index contributed by atoms with van der Waals surface area (Å²) in [5.41, 5.74) is 14.1. The highest BCUT2D eigenvalue weighted by atomic mass is 15.1. The van der Waals surface area contributed by atoms with Crippen LogP contribution in [0, 0.1) is 0 Å². The lowest BCUT2D eigenvalue weighted by Gasteiger charge is -2.26. The normalized spacial score (nSPS) is 11.5. The van der Waals surface area contributed by atoms with Gasteiger partial charge in [0.2, 0.25) is 0 Å². The van der Waals surface area contributed by atoms with Crippen molar-refractivity contribution in [2.24, 2.45) is 0 Å². The van der Waals surface area contributed by atoms with Crippen LogP contribution in [0.3, 0.4) is 0 Å². The molecule has 0 fully saturated rings. The van der Waals surface area contributed by atoms with Gasteiger partial charge in [0.25, 0.3) is 0 Å². The van der Waals surface area contributed by atoms with Crippen LogP contribution in [0.15, 0.2) is 243 Å². The summed E-state index contributed by atoms with van der Waals surface area (Å²) in [5, 5.41) is 9.96. The van der Waals surface area contributed by atoms with Crippen LogP contribution in [0.4, 0.5) is 17.1 Å². The molecule has 2 nitrogen and oxygen atoms in total. The summed E-state index contributed by atoms with van der Waals surface area (Å²) in [6.07, 6.45) is 0. The molecule has 0 N–H and O–H groups in total. The quantitative estimate of drug-likeness (QED) is 0.156. The molecular formula is C60H40N2. The fourth-order valence-corrected chi connectivity index (χ4v) is 9.72. The SMILES string of the molecule is c1cc(-c2cccc3c2c2ccccc2n3-c2cccc3ccccc23)cc(N(c2ccc(-c3cccc4ccccc34)cc2)c2ccc(-c3cccc4ccccc34)cc2)c1. The van der Waals surface area contributed by atoms with Gasteiger partial charge in [0, 0.05) is 33.2 Å². The number of aromatic nitrogens is 1. The molecule has 0 amide bonds. The second kappa shape index (κ2) is 14.8. The van der Waals surface area contributed by atoms with Gasteiger partial charge in [-0.15, -0.1) is 0 Å². The molecule has 0 aliphatic carbocycles. The standard InChI is InChI=1S/C60H40N2/c1-4-22-50-41(14-1)17-10-26-52(50)44-32-36-47(37-33-44)61(48-38-34-45(35-39-48)53-27-11-18-42-15-2-5-23-51(42)53)49-21-9-20-46(40-49)55-28-13-31-59-60(55)56-25-7-8-29-58(56)62(59)57-30-12-19-43-16-3-6-24-54(43)57/h1-40H. The van der Waals surface area contributed by atoms with Gasteiger partial charge in [-0.3, -0.25) is 0 Å². The highest BCUT2D eigenvalue weighted by Crippen LogP contribution is 2.43. The first-order chi connectivity index (χ1) is 30.8. The van der Waals surface area contributed by atoms with E-state index in [9.17, 15) is 0 Å². The summed E-state index contributed by atoms with van der Waals surface area (Å²) in [4.78, 5) is 2.39. The van der Waals surface area contributed by atoms with Crippen LogP contribution in [-0.4, -0.2) is 4.57 Å². The van der Waals surface area contributed by atoms with Gasteiger partial charge in [-0.1, -0.05) is 188 Å². The third-order valence-electron chi connectivity index (χ3n) is 12.6. The summed E-state index contributed by atoms with van der Waals surface area (Å²) in [6, 6.07) is 88.5. The summed E-state index contributed by atoms with van der Waals surface area (Å²) in [5.74, 6) is 0. The lowest BCUT2D eigenvalue weighted by Crippen LogP contribution is -2.10. The van der Waals surface area contributed by atoms with Crippen LogP contribution < -0.4 is 4.90 Å². The summed E-state index contributed by atoms with van der Waals surface area (Å²) < 4.78 is 2.45. The molecule has 62 heavy (non-hydrogen) atoms. The first-order valence-corrected chi connectivity index (χ1v) is 21.3. The van der Waals surface area contributed by atoms with Gasteiger partial charge in [-0.05, 0) is 115 Å². The molecule has 0 saturated heterocycles. The van der Waals surface area contributed by atoms with Crippen LogP contribution in [0.1, 0.15) is 0 Å². The van der Waals surface area contributed by atoms with Crippen molar-refractivity contribution in [3.8, 4) is 39.1 Å². The zero-order chi connectivity index (χ0) is 41.0. The molecule has 0 unspecified atom stereocenters. The van der Waals surface area contributed by atoms with Crippen LogP contribution >= 0.6 is 0 Å². The fourth-order valence-electron chi connectivity index (χ4n) is 9.72. The van der Waals surface area contributed by atoms with E-state index in [2.05, 4.69) is 252 Å². The van der Waals surface area contributed by atoms with Gasteiger partial charge >= 0.3 is 0 Å². The largest absolute Gasteiger partial charge is 0.310 e. The van der Waals surface area contributed by atoms with Gasteiger partial charge in [-0.25, -0.2) is 0 Å². The van der Waals surface area contributed by atoms with E-state index in [0.29, 0.717) is 0 Å². The van der Waals surface area contributed by atoms with E-state index in [1.54, 1.807) is 0 Å². The molecule has 290 valence electrons. The van der Waals surface area contributed by atoms with Crippen LogP contribution in [0.2, 0.25) is 0 Å². The van der Waals surface area contributed by atoms with Crippen molar-refractivity contribution >= 4 is 71.2 Å². The summed E-state index contributed by atoms with van der Waals surface area (Å²) in [6.45, 7) is 0. The molecule has 2 heteroatoms. The third kappa shape index (κ3) is 5.96. The first kappa shape index (κ1) is 35.7. The van der Waals surface area contributed by atoms with Crippen LogP contribution in [-0.2, 0) is 0 Å². The lowest BCUT2D eigenvalue weighted by atomic mass is 9.97. The highest BCUT2D eigenvalue weighted by Gasteiger charge is 2.19. The van der Waals surface area contributed by atoms with Crippen molar-refractivity contribution in [3.05, 3.63) is 243 Å². The van der Waals surface area contributed by atoms with Crippen molar-refractivity contribution in [3.63, 3.8) is 0 Å². The molecule has 0 aliphatic heterocycles. The van der Waals surface area contributed by atoms with E-state index in [1.807, 2.05) is 0 Å². The second-order valence-corrected chi connectivity index (χ2v) is 16.1. The smallest absolute Gasteiger partial charge is 0.0547 e. The van der Waals surface area contributed by atoms with Crippen molar-refractivity contribution in [1.29, 1.82) is 0 Å². The number of hydrogen-bond acceptors (Lipinski definition) is 1. The number of anilines is 3. The average molecular weight is 789 g/mol. The number of para-hydroxylation sites is 1. The highest BCUT2D eigenvalue weighted by molar-refractivity contribution is 6.16. The third-order valence-corrected chi connectivity index (χ3v) is 12.6. The molecule has 0 radical (unpaired) electrons. The minimum atomic E-state index is 1.09. The Hall–Kier alpha value is -8.20. The predicted octanol–water partition coefficient (Wildman–Crippen LogP) is 16.7. The van der Waals surface area contributed by atoms with Gasteiger partial charge in [0.15, 0.2) is 0 Å². The molecule has 12 rings (SSSR count). The zero-order valence-electron chi connectivity index (χ0n) is 34.0. The van der Waals surface area contributed by atoms with Crippen molar-refractivity contribution in [2.45, 2.75) is 0 Å². The van der Waals surface area contributed by atoms with E-state index >= 15 is 0 Å². The monoisotopic (exact) mass is 788 g/mol. The maximum Gasteiger partial charge on any atom is 0.0547 e. The molecule has 0 saturated carbocycles. The van der Waals surface area contributed by atoms with Crippen LogP contribution in [0.25, 0.3) is 93.2 Å². The van der Waals surface area contributed by atoms with E-state index in [1.165, 1.54) is 93.2 Å². The Morgan fingerprint density at radius 1 is 0.274 bits per heavy atom. The molecule has 11 aromatic carbocycles. The fraction of sp³-hybridized carbons (Fsp3) is 0. The maximum absolute atomic E-state index is 2.45. The van der Waals surface area contributed by atoms with Gasteiger partial charge < -0.3 is 9.47 Å². The van der Waals surface area contributed by atoms with E-state index in [-0.39, 0.29) is 0 Å². The average Bonchev–Trinajstić information content (AvgIpc) is 3.68. The molecule has 0 aliphatic rings. The Kier molecular flexibility index (Phi) is 8.53. The van der Waals surface area contributed by atoms with Gasteiger partial charge in [0.1, 0.15) is 0 Å². The van der Waals surface area contributed by atoms with Gasteiger partial charge in [0.05, 0.1) is 16.7 Å². The Labute approximate surface area is 360 Å². The molecule has 12 aromatic rings. The maximum atomic E-state index is 2.45. The zero-order valence-corrected chi connectivity index (χ0v) is 34.0. The van der Waals surface area contributed by atoms with Crippen molar-refractivity contribution in [2.75, 3.05) is 4.90 Å². The van der Waals surface area contributed by atoms with Gasteiger partial charge in [-0.2, -0.15) is 0 Å². The van der Waals surface area contributed by atoms with E-state index in [4.69, 9.17) is 0 Å². The first-order valence-electron chi connectivity index (χ1n) is 21.3. The number of rotatable bonds is 7. The lowest BCUT2D eigenvalue weighted by molar-refractivity contribution is 1.20. The van der Waals surface area contributed by atoms with Crippen molar-refractivity contribution in [1.82, 2.24) is 4.57 Å². The minimum absolute atomic E-state index is 1.09. The topological polar surface area (TPSA) is 8.17 Å².